The second kappa shape index (κ2) is 12.6. The fourth-order valence-corrected chi connectivity index (χ4v) is 8.45. The first kappa shape index (κ1) is 33.4. The molecule has 0 radical (unpaired) electrons. The Morgan fingerprint density at radius 2 is 1.76 bits per heavy atom. The molecule has 0 amide bonds. The highest BCUT2D eigenvalue weighted by molar-refractivity contribution is 9.10. The van der Waals surface area contributed by atoms with Gasteiger partial charge >= 0.3 is 6.18 Å². The number of halogens is 4. The molecule has 0 saturated heterocycles. The van der Waals surface area contributed by atoms with Crippen molar-refractivity contribution in [3.05, 3.63) is 69.7 Å². The fourth-order valence-electron chi connectivity index (χ4n) is 4.81. The molecule has 226 valence electrons. The van der Waals surface area contributed by atoms with Crippen LogP contribution in [-0.2, 0) is 26.4 Å². The molecule has 1 aliphatic rings. The lowest BCUT2D eigenvalue weighted by Crippen LogP contribution is -2.36. The number of nitrogens with zero attached hydrogens (tertiary/aromatic N) is 1. The average molecular weight is 659 g/mol. The maximum Gasteiger partial charge on any atom is 0.419 e. The normalized spacial score (nSPS) is 18.5. The molecule has 0 N–H and O–H groups in total. The topological polar surface area (TPSA) is 57.1 Å². The second-order valence-electron chi connectivity index (χ2n) is 12.4. The number of aryl methyl sites for hydroxylation is 1. The van der Waals surface area contributed by atoms with Crippen molar-refractivity contribution in [3.8, 4) is 5.75 Å². The molecule has 10 heteroatoms. The Morgan fingerprint density at radius 1 is 1.07 bits per heavy atom. The van der Waals surface area contributed by atoms with Gasteiger partial charge in [0.15, 0.2) is 5.90 Å². The van der Waals surface area contributed by atoms with Crippen molar-refractivity contribution in [2.75, 3.05) is 19.8 Å². The Kier molecular flexibility index (Phi) is 10.3. The van der Waals surface area contributed by atoms with Gasteiger partial charge in [0.1, 0.15) is 17.9 Å². The molecule has 2 aromatic rings. The lowest BCUT2D eigenvalue weighted by Gasteiger charge is -2.41. The zero-order valence-electron chi connectivity index (χ0n) is 24.8. The van der Waals surface area contributed by atoms with Crippen LogP contribution in [0, 0.1) is 0 Å². The number of hydrogen-bond acceptors (Lipinski definition) is 5. The van der Waals surface area contributed by atoms with E-state index in [-0.39, 0.29) is 25.6 Å². The van der Waals surface area contributed by atoms with E-state index in [1.165, 1.54) is 6.07 Å². The molecule has 3 rings (SSSR count). The summed E-state index contributed by atoms with van der Waals surface area (Å²) >= 11 is 3.42. The van der Waals surface area contributed by atoms with E-state index in [2.05, 4.69) is 20.9 Å². The zero-order valence-corrected chi connectivity index (χ0v) is 27.3. The number of benzene rings is 2. The van der Waals surface area contributed by atoms with Crippen LogP contribution in [0.5, 0.6) is 5.75 Å². The van der Waals surface area contributed by atoms with Gasteiger partial charge in [-0.3, -0.25) is 4.57 Å². The van der Waals surface area contributed by atoms with E-state index in [1.54, 1.807) is 25.1 Å². The van der Waals surface area contributed by atoms with Gasteiger partial charge in [0, 0.05) is 21.7 Å². The van der Waals surface area contributed by atoms with Crippen molar-refractivity contribution in [2.45, 2.75) is 83.3 Å². The minimum atomic E-state index is -4.60. The van der Waals surface area contributed by atoms with Crippen molar-refractivity contribution in [1.82, 2.24) is 0 Å². The first-order chi connectivity index (χ1) is 18.9. The Labute approximate surface area is 250 Å². The number of alkyl halides is 3. The lowest BCUT2D eigenvalue weighted by atomic mass is 10.0. The summed E-state index contributed by atoms with van der Waals surface area (Å²) in [5, 5.41) is -1.24. The van der Waals surface area contributed by atoms with E-state index in [0.717, 1.165) is 16.1 Å². The van der Waals surface area contributed by atoms with E-state index in [9.17, 15) is 17.7 Å². The van der Waals surface area contributed by atoms with Gasteiger partial charge < -0.3 is 14.0 Å². The van der Waals surface area contributed by atoms with Crippen molar-refractivity contribution < 1.29 is 31.7 Å². The summed E-state index contributed by atoms with van der Waals surface area (Å²) in [5.74, 6) is 0.221. The van der Waals surface area contributed by atoms with E-state index in [1.807, 2.05) is 65.8 Å². The third kappa shape index (κ3) is 8.48. The van der Waals surface area contributed by atoms with Gasteiger partial charge in [0.05, 0.1) is 18.8 Å². The molecular formula is C31H40BrF3NO4P. The summed E-state index contributed by atoms with van der Waals surface area (Å²) < 4.78 is 74.3. The van der Waals surface area contributed by atoms with Gasteiger partial charge in [-0.1, -0.05) is 87.8 Å². The van der Waals surface area contributed by atoms with Gasteiger partial charge in [0.25, 0.3) is 0 Å². The van der Waals surface area contributed by atoms with Gasteiger partial charge in [-0.2, -0.15) is 13.2 Å². The van der Waals surface area contributed by atoms with Crippen molar-refractivity contribution in [1.29, 1.82) is 0 Å². The van der Waals surface area contributed by atoms with Crippen LogP contribution in [0.3, 0.4) is 0 Å². The fraction of sp³-hybridized carbons (Fsp3) is 0.516. The van der Waals surface area contributed by atoms with Crippen LogP contribution in [0.1, 0.15) is 71.6 Å². The van der Waals surface area contributed by atoms with E-state index in [0.29, 0.717) is 24.3 Å². The molecule has 1 unspecified atom stereocenters. The first-order valence-electron chi connectivity index (χ1n) is 13.6. The molecular weight excluding hydrogens is 618 g/mol. The number of hydrogen-bond donors (Lipinski definition) is 0. The molecule has 0 fully saturated rings. The Morgan fingerprint density at radius 3 is 2.32 bits per heavy atom. The van der Waals surface area contributed by atoms with Gasteiger partial charge in [-0.05, 0) is 48.2 Å². The molecule has 1 heterocycles. The largest absolute Gasteiger partial charge is 0.493 e. The Hall–Kier alpha value is -2.09. The maximum absolute atomic E-state index is 14.0. The van der Waals surface area contributed by atoms with Crippen LogP contribution < -0.4 is 4.74 Å². The zero-order chi connectivity index (χ0) is 30.7. The number of ether oxygens (including phenoxy) is 2. The first-order valence-corrected chi connectivity index (χ1v) is 16.0. The number of aliphatic imine (C=N–C) groups is 1. The molecule has 5 nitrogen and oxygen atoms in total. The van der Waals surface area contributed by atoms with Crippen LogP contribution >= 0.6 is 23.3 Å². The molecule has 0 bridgehead atoms. The van der Waals surface area contributed by atoms with Crippen LogP contribution in [0.2, 0.25) is 0 Å². The lowest BCUT2D eigenvalue weighted by molar-refractivity contribution is -0.139. The summed E-state index contributed by atoms with van der Waals surface area (Å²) in [6.07, 6.45) is -0.0949. The number of rotatable bonds is 10. The molecule has 0 aliphatic carbocycles. The molecule has 41 heavy (non-hydrogen) atoms. The smallest absolute Gasteiger partial charge is 0.419 e. The van der Waals surface area contributed by atoms with Crippen LogP contribution in [0.15, 0.2) is 58.0 Å². The predicted molar refractivity (Wildman–Crippen MR) is 163 cm³/mol. The van der Waals surface area contributed by atoms with Gasteiger partial charge in [-0.15, -0.1) is 0 Å². The van der Waals surface area contributed by atoms with Gasteiger partial charge in [-0.25, -0.2) is 4.99 Å². The summed E-state index contributed by atoms with van der Waals surface area (Å²) in [4.78, 5) is 4.58. The van der Waals surface area contributed by atoms with Crippen LogP contribution in [0.4, 0.5) is 13.2 Å². The molecule has 0 aromatic heterocycles. The summed E-state index contributed by atoms with van der Waals surface area (Å²) in [5.41, 5.74) is -0.462. The van der Waals surface area contributed by atoms with E-state index >= 15 is 0 Å². The van der Waals surface area contributed by atoms with Crippen molar-refractivity contribution >= 4 is 35.3 Å². The van der Waals surface area contributed by atoms with E-state index in [4.69, 9.17) is 14.0 Å². The quantitative estimate of drug-likeness (QED) is 0.189. The molecule has 1 aliphatic heterocycles. The predicted octanol–water partition coefficient (Wildman–Crippen LogP) is 9.57. The molecule has 1 atom stereocenters. The monoisotopic (exact) mass is 657 g/mol. The second-order valence-corrected chi connectivity index (χ2v) is 17.3. The third-order valence-corrected chi connectivity index (χ3v) is 11.3. The molecule has 0 saturated carbocycles. The standard InChI is InChI=1S/C31H40BrF3NO4P/c1-22-36-30(20-39-22,21-40-41(37,28(2,3)4)29(5,6)7)16-15-24-13-14-27(26(19-24)31(33,34)35)38-17-9-11-23-10-8-12-25(32)18-23/h8,10,12-16,18-19H,9,11,17,20-21H2,1-7H3/b16-15+. The molecule has 2 aromatic carbocycles. The van der Waals surface area contributed by atoms with Crippen LogP contribution in [-0.4, -0.2) is 41.6 Å². The maximum atomic E-state index is 14.0. The summed E-state index contributed by atoms with van der Waals surface area (Å²) in [6.45, 7) is 13.2. The van der Waals surface area contributed by atoms with E-state index < -0.39 is 35.0 Å². The van der Waals surface area contributed by atoms with Crippen molar-refractivity contribution in [2.24, 2.45) is 4.99 Å². The minimum absolute atomic E-state index is 0.0298. The van der Waals surface area contributed by atoms with Crippen LogP contribution in [0.25, 0.3) is 6.08 Å². The highest BCUT2D eigenvalue weighted by Crippen LogP contribution is 2.67. The Bertz CT molecular complexity index is 1310. The molecule has 0 spiro atoms. The third-order valence-electron chi connectivity index (χ3n) is 6.83. The van der Waals surface area contributed by atoms with Gasteiger partial charge in [0.2, 0.25) is 7.37 Å². The highest BCUT2D eigenvalue weighted by Gasteiger charge is 2.49. The average Bonchev–Trinajstić information content (AvgIpc) is 3.23. The SMILES string of the molecule is CC1=NC(/C=C/c2ccc(OCCCc3cccc(Br)c3)c(C(F)(F)F)c2)(COP(=O)(C(C)(C)C)C(C)(C)C)CO1. The minimum Gasteiger partial charge on any atom is -0.493 e. The summed E-state index contributed by atoms with van der Waals surface area (Å²) in [7, 11) is -3.20. The summed E-state index contributed by atoms with van der Waals surface area (Å²) in [6, 6.07) is 11.8. The highest BCUT2D eigenvalue weighted by atomic mass is 79.9. The van der Waals surface area contributed by atoms with Crippen molar-refractivity contribution in [3.63, 3.8) is 0 Å². The Balaban J connectivity index is 1.79.